The lowest BCUT2D eigenvalue weighted by Gasteiger charge is -2.23. The lowest BCUT2D eigenvalue weighted by Crippen LogP contribution is -2.38. The molecular formula is C19H18N2O3. The van der Waals surface area contributed by atoms with Gasteiger partial charge >= 0.3 is 0 Å². The highest BCUT2D eigenvalue weighted by atomic mass is 16.3. The van der Waals surface area contributed by atoms with Crippen molar-refractivity contribution in [3.63, 3.8) is 0 Å². The molecule has 0 radical (unpaired) electrons. The molecule has 5 nitrogen and oxygen atoms in total. The number of rotatable bonds is 5. The number of nitrogens with zero attached hydrogens (tertiary/aromatic N) is 1. The molecule has 3 rings (SSSR count). The summed E-state index contributed by atoms with van der Waals surface area (Å²) >= 11 is 0. The van der Waals surface area contributed by atoms with Gasteiger partial charge in [-0.15, -0.1) is 0 Å². The maximum atomic E-state index is 12.2. The molecule has 2 N–H and O–H groups in total. The monoisotopic (exact) mass is 322 g/mol. The normalized spacial score (nSPS) is 13.2. The maximum absolute atomic E-state index is 12.2. The molecule has 1 unspecified atom stereocenters. The molecule has 0 spiro atoms. The number of benzene rings is 2. The zero-order valence-electron chi connectivity index (χ0n) is 13.3. The zero-order chi connectivity index (χ0) is 17.0. The van der Waals surface area contributed by atoms with Crippen LogP contribution in [0.2, 0.25) is 0 Å². The van der Waals surface area contributed by atoms with Crippen molar-refractivity contribution in [2.45, 2.75) is 12.5 Å². The van der Waals surface area contributed by atoms with Crippen molar-refractivity contribution in [1.29, 1.82) is 0 Å². The van der Waals surface area contributed by atoms with Gasteiger partial charge in [0.15, 0.2) is 5.69 Å². The van der Waals surface area contributed by atoms with E-state index in [1.54, 1.807) is 6.92 Å². The van der Waals surface area contributed by atoms with E-state index in [1.807, 2.05) is 60.7 Å². The molecule has 0 aliphatic carbocycles. The van der Waals surface area contributed by atoms with Crippen LogP contribution in [0.1, 0.15) is 23.0 Å². The van der Waals surface area contributed by atoms with Crippen LogP contribution >= 0.6 is 0 Å². The molecule has 1 heterocycles. The first-order valence-corrected chi connectivity index (χ1v) is 7.63. The minimum absolute atomic E-state index is 0.0728. The molecule has 3 aromatic rings. The third kappa shape index (κ3) is 3.52. The van der Waals surface area contributed by atoms with Crippen LogP contribution in [0.15, 0.2) is 71.3 Å². The van der Waals surface area contributed by atoms with E-state index in [4.69, 9.17) is 4.42 Å². The van der Waals surface area contributed by atoms with E-state index in [0.717, 1.165) is 11.1 Å². The number of nitrogens with one attached hydrogen (secondary N) is 1. The average Bonchev–Trinajstić information content (AvgIpc) is 3.11. The van der Waals surface area contributed by atoms with Crippen molar-refractivity contribution in [3.05, 3.63) is 78.2 Å². The Morgan fingerprint density at radius 1 is 1.12 bits per heavy atom. The van der Waals surface area contributed by atoms with Gasteiger partial charge < -0.3 is 14.8 Å². The number of hydrogen-bond acceptors (Lipinski definition) is 4. The Balaban J connectivity index is 1.67. The number of carbonyl (C=O) groups excluding carboxylic acids is 1. The second kappa shape index (κ2) is 6.68. The minimum Gasteiger partial charge on any atom is -0.444 e. The van der Waals surface area contributed by atoms with Gasteiger partial charge in [-0.05, 0) is 24.6 Å². The van der Waals surface area contributed by atoms with E-state index in [2.05, 4.69) is 10.3 Å². The van der Waals surface area contributed by atoms with Gasteiger partial charge in [-0.2, -0.15) is 0 Å². The van der Waals surface area contributed by atoms with E-state index in [1.165, 1.54) is 6.26 Å². The standard InChI is InChI=1S/C19H18N2O3/c1-19(23,15-10-6-3-7-11-15)13-20-17(22)16-12-24-18(21-16)14-8-4-2-5-9-14/h2-12,23H,13H2,1H3,(H,20,22). The van der Waals surface area contributed by atoms with Crippen molar-refractivity contribution in [1.82, 2.24) is 10.3 Å². The molecule has 0 aliphatic heterocycles. The fourth-order valence-corrected chi connectivity index (χ4v) is 2.33. The number of oxazole rings is 1. The van der Waals surface area contributed by atoms with Gasteiger partial charge in [0, 0.05) is 5.56 Å². The molecule has 0 saturated heterocycles. The summed E-state index contributed by atoms with van der Waals surface area (Å²) < 4.78 is 5.35. The summed E-state index contributed by atoms with van der Waals surface area (Å²) in [7, 11) is 0. The summed E-state index contributed by atoms with van der Waals surface area (Å²) in [6.45, 7) is 1.73. The van der Waals surface area contributed by atoms with Gasteiger partial charge in [-0.25, -0.2) is 4.98 Å². The smallest absolute Gasteiger partial charge is 0.273 e. The SMILES string of the molecule is CC(O)(CNC(=O)c1coc(-c2ccccc2)n1)c1ccccc1. The van der Waals surface area contributed by atoms with Crippen LogP contribution in [0, 0.1) is 0 Å². The van der Waals surface area contributed by atoms with Gasteiger partial charge in [0.2, 0.25) is 5.89 Å². The second-order valence-electron chi connectivity index (χ2n) is 5.73. The van der Waals surface area contributed by atoms with E-state index >= 15 is 0 Å². The second-order valence-corrected chi connectivity index (χ2v) is 5.73. The Bertz CT molecular complexity index is 811. The molecule has 0 bridgehead atoms. The van der Waals surface area contributed by atoms with Gasteiger partial charge in [-0.3, -0.25) is 4.79 Å². The quantitative estimate of drug-likeness (QED) is 0.757. The lowest BCUT2D eigenvalue weighted by atomic mass is 9.96. The van der Waals surface area contributed by atoms with Crippen LogP contribution in [0.25, 0.3) is 11.5 Å². The fourth-order valence-electron chi connectivity index (χ4n) is 2.33. The molecule has 1 aromatic heterocycles. The van der Waals surface area contributed by atoms with Crippen LogP contribution in [0.3, 0.4) is 0 Å². The number of amides is 1. The van der Waals surface area contributed by atoms with Crippen LogP contribution in [-0.4, -0.2) is 22.5 Å². The summed E-state index contributed by atoms with van der Waals surface area (Å²) in [5, 5.41) is 13.2. The van der Waals surface area contributed by atoms with Crippen molar-refractivity contribution in [3.8, 4) is 11.5 Å². The first-order chi connectivity index (χ1) is 11.6. The average molecular weight is 322 g/mol. The minimum atomic E-state index is -1.16. The first-order valence-electron chi connectivity index (χ1n) is 7.63. The first kappa shape index (κ1) is 16.0. The zero-order valence-corrected chi connectivity index (χ0v) is 13.3. The molecule has 0 aliphatic rings. The van der Waals surface area contributed by atoms with E-state index < -0.39 is 11.5 Å². The summed E-state index contributed by atoms with van der Waals surface area (Å²) in [6, 6.07) is 18.5. The van der Waals surface area contributed by atoms with E-state index in [0.29, 0.717) is 5.89 Å². The Labute approximate surface area is 140 Å². The lowest BCUT2D eigenvalue weighted by molar-refractivity contribution is 0.0525. The molecule has 1 atom stereocenters. The van der Waals surface area contributed by atoms with Crippen molar-refractivity contribution < 1.29 is 14.3 Å². The number of aromatic nitrogens is 1. The molecule has 0 saturated carbocycles. The predicted molar refractivity (Wildman–Crippen MR) is 90.3 cm³/mol. The van der Waals surface area contributed by atoms with Gasteiger partial charge in [0.25, 0.3) is 5.91 Å². The van der Waals surface area contributed by atoms with Crippen LogP contribution in [0.5, 0.6) is 0 Å². The van der Waals surface area contributed by atoms with Crippen molar-refractivity contribution >= 4 is 5.91 Å². The number of aliphatic hydroxyl groups is 1. The molecule has 1 amide bonds. The van der Waals surface area contributed by atoms with Gasteiger partial charge in [0.05, 0.1) is 6.54 Å². The third-order valence-corrected chi connectivity index (χ3v) is 3.75. The molecule has 122 valence electrons. The van der Waals surface area contributed by atoms with E-state index in [9.17, 15) is 9.90 Å². The Morgan fingerprint density at radius 3 is 2.42 bits per heavy atom. The predicted octanol–water partition coefficient (Wildman–Crippen LogP) is 2.98. The molecule has 0 fully saturated rings. The van der Waals surface area contributed by atoms with Crippen LogP contribution in [-0.2, 0) is 5.60 Å². The topological polar surface area (TPSA) is 75.4 Å². The highest BCUT2D eigenvalue weighted by Gasteiger charge is 2.24. The summed E-state index contributed by atoms with van der Waals surface area (Å²) in [5.74, 6) is -0.00675. The number of carbonyl (C=O) groups is 1. The van der Waals surface area contributed by atoms with Crippen molar-refractivity contribution in [2.75, 3.05) is 6.54 Å². The highest BCUT2D eigenvalue weighted by Crippen LogP contribution is 2.20. The molecule has 2 aromatic carbocycles. The van der Waals surface area contributed by atoms with Crippen molar-refractivity contribution in [2.24, 2.45) is 0 Å². The van der Waals surface area contributed by atoms with Crippen LogP contribution in [0.4, 0.5) is 0 Å². The Hall–Kier alpha value is -2.92. The Morgan fingerprint density at radius 2 is 1.75 bits per heavy atom. The van der Waals surface area contributed by atoms with E-state index in [-0.39, 0.29) is 12.2 Å². The van der Waals surface area contributed by atoms with Crippen LogP contribution < -0.4 is 5.32 Å². The largest absolute Gasteiger partial charge is 0.444 e. The Kier molecular flexibility index (Phi) is 4.44. The number of hydrogen-bond donors (Lipinski definition) is 2. The van der Waals surface area contributed by atoms with Gasteiger partial charge in [-0.1, -0.05) is 48.5 Å². The summed E-state index contributed by atoms with van der Waals surface area (Å²) in [5.41, 5.74) is 0.545. The highest BCUT2D eigenvalue weighted by molar-refractivity contribution is 5.92. The fraction of sp³-hybridized carbons (Fsp3) is 0.158. The molecular weight excluding hydrogens is 304 g/mol. The molecule has 24 heavy (non-hydrogen) atoms. The van der Waals surface area contributed by atoms with Gasteiger partial charge in [0.1, 0.15) is 11.9 Å². The summed E-state index contributed by atoms with van der Waals surface area (Å²) in [6.07, 6.45) is 1.31. The summed E-state index contributed by atoms with van der Waals surface area (Å²) in [4.78, 5) is 16.4. The maximum Gasteiger partial charge on any atom is 0.273 e. The molecule has 5 heteroatoms. The third-order valence-electron chi connectivity index (χ3n) is 3.75.